The Balaban J connectivity index is 1.71. The molecule has 1 heterocycles. The highest BCUT2D eigenvalue weighted by atomic mass is 16.5. The van der Waals surface area contributed by atoms with E-state index in [1.54, 1.807) is 0 Å². The van der Waals surface area contributed by atoms with Crippen molar-refractivity contribution in [1.82, 2.24) is 5.32 Å². The lowest BCUT2D eigenvalue weighted by atomic mass is 9.91. The van der Waals surface area contributed by atoms with Crippen LogP contribution in [-0.4, -0.2) is 25.3 Å². The van der Waals surface area contributed by atoms with E-state index in [0.717, 1.165) is 18.6 Å². The Morgan fingerprint density at radius 3 is 2.75 bits per heavy atom. The van der Waals surface area contributed by atoms with Crippen LogP contribution >= 0.6 is 0 Å². The van der Waals surface area contributed by atoms with Gasteiger partial charge in [-0.25, -0.2) is 0 Å². The zero-order valence-corrected chi connectivity index (χ0v) is 11.1. The number of hydrogen-bond donors (Lipinski definition) is 1. The first-order chi connectivity index (χ1) is 7.61. The van der Waals surface area contributed by atoms with Crippen LogP contribution in [0.3, 0.4) is 0 Å². The first kappa shape index (κ1) is 12.4. The van der Waals surface area contributed by atoms with Gasteiger partial charge >= 0.3 is 0 Å². The summed E-state index contributed by atoms with van der Waals surface area (Å²) in [5.74, 6) is 0.758. The molecule has 3 atom stereocenters. The second-order valence-corrected chi connectivity index (χ2v) is 6.38. The fourth-order valence-corrected chi connectivity index (χ4v) is 3.31. The van der Waals surface area contributed by atoms with E-state index in [1.807, 2.05) is 0 Å². The monoisotopic (exact) mass is 225 g/mol. The van der Waals surface area contributed by atoms with Gasteiger partial charge in [-0.05, 0) is 43.4 Å². The van der Waals surface area contributed by atoms with Crippen LogP contribution in [0, 0.1) is 11.3 Å². The van der Waals surface area contributed by atoms with Gasteiger partial charge in [-0.3, -0.25) is 0 Å². The van der Waals surface area contributed by atoms with E-state index in [4.69, 9.17) is 4.74 Å². The molecule has 0 radical (unpaired) electrons. The number of nitrogens with one attached hydrogen (secondary N) is 1. The van der Waals surface area contributed by atoms with Crippen LogP contribution in [0.1, 0.15) is 52.9 Å². The van der Waals surface area contributed by atoms with E-state index < -0.39 is 0 Å². The summed E-state index contributed by atoms with van der Waals surface area (Å²) in [4.78, 5) is 0. The molecule has 1 saturated heterocycles. The van der Waals surface area contributed by atoms with Gasteiger partial charge in [-0.1, -0.05) is 20.8 Å². The van der Waals surface area contributed by atoms with Gasteiger partial charge in [0.15, 0.2) is 0 Å². The fraction of sp³-hybridized carbons (Fsp3) is 1.00. The molecule has 1 aliphatic carbocycles. The smallest absolute Gasteiger partial charge is 0.0613 e. The highest BCUT2D eigenvalue weighted by molar-refractivity contribution is 4.87. The van der Waals surface area contributed by atoms with Gasteiger partial charge in [-0.15, -0.1) is 0 Å². The van der Waals surface area contributed by atoms with Gasteiger partial charge in [0.1, 0.15) is 0 Å². The largest absolute Gasteiger partial charge is 0.378 e. The minimum Gasteiger partial charge on any atom is -0.378 e. The van der Waals surface area contributed by atoms with E-state index in [0.29, 0.717) is 11.5 Å². The average molecular weight is 225 g/mol. The van der Waals surface area contributed by atoms with Gasteiger partial charge in [0.05, 0.1) is 6.10 Å². The molecule has 16 heavy (non-hydrogen) atoms. The van der Waals surface area contributed by atoms with Crippen molar-refractivity contribution in [3.05, 3.63) is 0 Å². The molecule has 0 aromatic rings. The van der Waals surface area contributed by atoms with Crippen molar-refractivity contribution in [3.63, 3.8) is 0 Å². The predicted molar refractivity (Wildman–Crippen MR) is 67.6 cm³/mol. The molecule has 2 fully saturated rings. The first-order valence-corrected chi connectivity index (χ1v) is 6.96. The molecule has 2 rings (SSSR count). The lowest BCUT2D eigenvalue weighted by molar-refractivity contribution is 0.0865. The minimum absolute atomic E-state index is 0.516. The molecule has 94 valence electrons. The number of hydrogen-bond acceptors (Lipinski definition) is 2. The van der Waals surface area contributed by atoms with Crippen LogP contribution in [0.25, 0.3) is 0 Å². The Morgan fingerprint density at radius 2 is 2.12 bits per heavy atom. The van der Waals surface area contributed by atoms with Crippen molar-refractivity contribution in [2.75, 3.05) is 13.2 Å². The standard InChI is InChI=1S/C14H27NO/c1-4-13-11(6-8-16-13)10-15-12-5-7-14(2,3)9-12/h11-13,15H,4-10H2,1-3H3. The van der Waals surface area contributed by atoms with Crippen LogP contribution in [0.15, 0.2) is 0 Å². The van der Waals surface area contributed by atoms with Gasteiger partial charge < -0.3 is 10.1 Å². The maximum atomic E-state index is 5.73. The molecule has 1 N–H and O–H groups in total. The Labute approximate surface area is 100 Å². The van der Waals surface area contributed by atoms with Crippen molar-refractivity contribution in [2.45, 2.75) is 65.0 Å². The minimum atomic E-state index is 0.516. The zero-order valence-electron chi connectivity index (χ0n) is 11.1. The maximum Gasteiger partial charge on any atom is 0.0613 e. The van der Waals surface area contributed by atoms with Crippen LogP contribution in [0.2, 0.25) is 0 Å². The van der Waals surface area contributed by atoms with Gasteiger partial charge in [-0.2, -0.15) is 0 Å². The molecule has 2 nitrogen and oxygen atoms in total. The van der Waals surface area contributed by atoms with Gasteiger partial charge in [0.25, 0.3) is 0 Å². The summed E-state index contributed by atoms with van der Waals surface area (Å²) >= 11 is 0. The average Bonchev–Trinajstić information content (AvgIpc) is 2.81. The Hall–Kier alpha value is -0.0800. The molecule has 2 heteroatoms. The molecule has 1 saturated carbocycles. The zero-order chi connectivity index (χ0) is 11.6. The summed E-state index contributed by atoms with van der Waals surface area (Å²) < 4.78 is 5.73. The number of ether oxygens (including phenoxy) is 1. The summed E-state index contributed by atoms with van der Waals surface area (Å²) in [7, 11) is 0. The highest BCUT2D eigenvalue weighted by Crippen LogP contribution is 2.37. The van der Waals surface area contributed by atoms with Crippen LogP contribution in [-0.2, 0) is 4.74 Å². The summed E-state index contributed by atoms with van der Waals surface area (Å²) in [6.07, 6.45) is 7.02. The SMILES string of the molecule is CCC1OCCC1CNC1CCC(C)(C)C1. The maximum absolute atomic E-state index is 5.73. The highest BCUT2D eigenvalue weighted by Gasteiger charge is 2.32. The third-order valence-electron chi connectivity index (χ3n) is 4.39. The summed E-state index contributed by atoms with van der Waals surface area (Å²) in [5.41, 5.74) is 0.563. The second-order valence-electron chi connectivity index (χ2n) is 6.38. The number of rotatable bonds is 4. The molecular weight excluding hydrogens is 198 g/mol. The van der Waals surface area contributed by atoms with E-state index in [9.17, 15) is 0 Å². The van der Waals surface area contributed by atoms with Crippen molar-refractivity contribution in [2.24, 2.45) is 11.3 Å². The molecule has 0 amide bonds. The van der Waals surface area contributed by atoms with E-state index >= 15 is 0 Å². The van der Waals surface area contributed by atoms with Crippen LogP contribution in [0.5, 0.6) is 0 Å². The van der Waals surface area contributed by atoms with Crippen molar-refractivity contribution in [3.8, 4) is 0 Å². The third-order valence-corrected chi connectivity index (χ3v) is 4.39. The van der Waals surface area contributed by atoms with E-state index in [2.05, 4.69) is 26.1 Å². The second kappa shape index (κ2) is 5.05. The lowest BCUT2D eigenvalue weighted by Crippen LogP contribution is -2.34. The summed E-state index contributed by atoms with van der Waals surface area (Å²) in [5, 5.41) is 3.76. The Morgan fingerprint density at radius 1 is 1.31 bits per heavy atom. The quantitative estimate of drug-likeness (QED) is 0.794. The van der Waals surface area contributed by atoms with Gasteiger partial charge in [0, 0.05) is 19.2 Å². The third kappa shape index (κ3) is 2.98. The van der Waals surface area contributed by atoms with Crippen molar-refractivity contribution in [1.29, 1.82) is 0 Å². The molecule has 0 bridgehead atoms. The normalized spacial score (nSPS) is 38.1. The molecule has 0 spiro atoms. The lowest BCUT2D eigenvalue weighted by Gasteiger charge is -2.21. The van der Waals surface area contributed by atoms with Crippen molar-refractivity contribution >= 4 is 0 Å². The van der Waals surface area contributed by atoms with Gasteiger partial charge in [0.2, 0.25) is 0 Å². The molecule has 1 aliphatic heterocycles. The molecular formula is C14H27NO. The predicted octanol–water partition coefficient (Wildman–Crippen LogP) is 2.97. The van der Waals surface area contributed by atoms with E-state index in [-0.39, 0.29) is 0 Å². The Kier molecular flexibility index (Phi) is 3.91. The molecule has 0 aromatic carbocycles. The summed E-state index contributed by atoms with van der Waals surface area (Å²) in [6.45, 7) is 9.16. The fourth-order valence-electron chi connectivity index (χ4n) is 3.31. The first-order valence-electron chi connectivity index (χ1n) is 6.96. The van der Waals surface area contributed by atoms with Crippen molar-refractivity contribution < 1.29 is 4.74 Å². The molecule has 0 aromatic heterocycles. The van der Waals surface area contributed by atoms with Crippen LogP contribution in [0.4, 0.5) is 0 Å². The summed E-state index contributed by atoms with van der Waals surface area (Å²) in [6, 6.07) is 0.758. The Bertz CT molecular complexity index is 227. The molecule has 2 aliphatic rings. The molecule has 3 unspecified atom stereocenters. The topological polar surface area (TPSA) is 21.3 Å². The van der Waals surface area contributed by atoms with E-state index in [1.165, 1.54) is 38.6 Å². The van der Waals surface area contributed by atoms with Crippen LogP contribution < -0.4 is 5.32 Å².